The lowest BCUT2D eigenvalue weighted by Crippen LogP contribution is -2.49. The zero-order chi connectivity index (χ0) is 22.9. The SMILES string of the molecule is O=C(c1cccc(CN2C(=O)c3ccccc3C2=O)c1)N1CCN(c2ccccc2F)CC1. The maximum Gasteiger partial charge on any atom is 0.261 e. The first-order valence-corrected chi connectivity index (χ1v) is 10.9. The maximum atomic E-state index is 14.1. The molecular weight excluding hydrogens is 421 g/mol. The zero-order valence-electron chi connectivity index (χ0n) is 17.9. The predicted molar refractivity (Wildman–Crippen MR) is 122 cm³/mol. The van der Waals surface area contributed by atoms with Gasteiger partial charge in [0.2, 0.25) is 0 Å². The van der Waals surface area contributed by atoms with Gasteiger partial charge in [-0.05, 0) is 42.0 Å². The third-order valence-corrected chi connectivity index (χ3v) is 6.15. The van der Waals surface area contributed by atoms with Crippen molar-refractivity contribution in [2.24, 2.45) is 0 Å². The van der Waals surface area contributed by atoms with Crippen LogP contribution in [0.4, 0.5) is 10.1 Å². The van der Waals surface area contributed by atoms with Crippen molar-refractivity contribution in [2.45, 2.75) is 6.54 Å². The van der Waals surface area contributed by atoms with Gasteiger partial charge in [-0.15, -0.1) is 0 Å². The summed E-state index contributed by atoms with van der Waals surface area (Å²) in [5.74, 6) is -1.03. The third-order valence-electron chi connectivity index (χ3n) is 6.15. The molecule has 5 rings (SSSR count). The number of hydrogen-bond acceptors (Lipinski definition) is 4. The van der Waals surface area contributed by atoms with Gasteiger partial charge in [-0.25, -0.2) is 4.39 Å². The van der Waals surface area contributed by atoms with Gasteiger partial charge >= 0.3 is 0 Å². The standard InChI is InChI=1S/C26H22FN3O3/c27-22-10-3-4-11-23(22)28-12-14-29(15-13-28)24(31)19-7-5-6-18(16-19)17-30-25(32)20-8-1-2-9-21(20)26(30)33/h1-11,16H,12-15,17H2. The molecule has 0 atom stereocenters. The van der Waals surface area contributed by atoms with Gasteiger partial charge in [-0.1, -0.05) is 36.4 Å². The lowest BCUT2D eigenvalue weighted by molar-refractivity contribution is 0.0642. The van der Waals surface area contributed by atoms with Crippen LogP contribution in [-0.2, 0) is 6.54 Å². The number of carbonyl (C=O) groups is 3. The summed E-state index contributed by atoms with van der Waals surface area (Å²) in [5, 5.41) is 0. The van der Waals surface area contributed by atoms with Crippen molar-refractivity contribution >= 4 is 23.4 Å². The van der Waals surface area contributed by atoms with Crippen LogP contribution >= 0.6 is 0 Å². The van der Waals surface area contributed by atoms with Crippen molar-refractivity contribution in [2.75, 3.05) is 31.1 Å². The monoisotopic (exact) mass is 443 g/mol. The number of fused-ring (bicyclic) bond motifs is 1. The van der Waals surface area contributed by atoms with Gasteiger partial charge in [0.25, 0.3) is 17.7 Å². The number of nitrogens with zero attached hydrogens (tertiary/aromatic N) is 3. The average molecular weight is 443 g/mol. The number of para-hydroxylation sites is 1. The Hall–Kier alpha value is -4.00. The number of hydrogen-bond donors (Lipinski definition) is 0. The van der Waals surface area contributed by atoms with Crippen LogP contribution in [0.3, 0.4) is 0 Å². The molecule has 6 nitrogen and oxygen atoms in total. The molecule has 0 bridgehead atoms. The van der Waals surface area contributed by atoms with Gasteiger partial charge in [0.1, 0.15) is 5.82 Å². The molecule has 1 saturated heterocycles. The van der Waals surface area contributed by atoms with E-state index >= 15 is 0 Å². The van der Waals surface area contributed by atoms with Crippen molar-refractivity contribution in [3.05, 3.63) is 101 Å². The number of piperazine rings is 1. The van der Waals surface area contributed by atoms with E-state index in [0.29, 0.717) is 54.1 Å². The van der Waals surface area contributed by atoms with Crippen LogP contribution in [0, 0.1) is 5.82 Å². The molecule has 0 N–H and O–H groups in total. The first-order chi connectivity index (χ1) is 16.0. The molecule has 33 heavy (non-hydrogen) atoms. The van der Waals surface area contributed by atoms with Crippen LogP contribution in [0.2, 0.25) is 0 Å². The minimum atomic E-state index is -0.323. The second-order valence-corrected chi connectivity index (χ2v) is 8.17. The van der Waals surface area contributed by atoms with E-state index in [1.807, 2.05) is 4.90 Å². The van der Waals surface area contributed by atoms with Gasteiger partial charge in [0, 0.05) is 31.7 Å². The molecule has 166 valence electrons. The highest BCUT2D eigenvalue weighted by molar-refractivity contribution is 6.21. The number of amides is 3. The topological polar surface area (TPSA) is 60.9 Å². The Kier molecular flexibility index (Phi) is 5.38. The Bertz CT molecular complexity index is 1220. The molecule has 7 heteroatoms. The fraction of sp³-hybridized carbons (Fsp3) is 0.192. The minimum Gasteiger partial charge on any atom is -0.366 e. The van der Waals surface area contributed by atoms with Crippen LogP contribution in [0.25, 0.3) is 0 Å². The highest BCUT2D eigenvalue weighted by atomic mass is 19.1. The minimum absolute atomic E-state index is 0.106. The predicted octanol–water partition coefficient (Wildman–Crippen LogP) is 3.58. The van der Waals surface area contributed by atoms with Crippen molar-refractivity contribution < 1.29 is 18.8 Å². The number of carbonyl (C=O) groups excluding carboxylic acids is 3. The Morgan fingerprint density at radius 2 is 1.42 bits per heavy atom. The average Bonchev–Trinajstić information content (AvgIpc) is 3.09. The number of benzene rings is 3. The lowest BCUT2D eigenvalue weighted by Gasteiger charge is -2.36. The summed E-state index contributed by atoms with van der Waals surface area (Å²) >= 11 is 0. The molecule has 2 aliphatic heterocycles. The molecule has 0 spiro atoms. The summed E-state index contributed by atoms with van der Waals surface area (Å²) in [5.41, 5.74) is 2.57. The Labute approximate surface area is 190 Å². The van der Waals surface area contributed by atoms with E-state index in [9.17, 15) is 18.8 Å². The van der Waals surface area contributed by atoms with Crippen LogP contribution in [0.1, 0.15) is 36.6 Å². The molecule has 0 saturated carbocycles. The first-order valence-electron chi connectivity index (χ1n) is 10.9. The normalized spacial score (nSPS) is 15.7. The van der Waals surface area contributed by atoms with Crippen LogP contribution in [-0.4, -0.2) is 53.7 Å². The molecule has 1 fully saturated rings. The molecule has 2 aliphatic rings. The summed E-state index contributed by atoms with van der Waals surface area (Å²) in [7, 11) is 0. The van der Waals surface area contributed by atoms with Gasteiger partial charge in [-0.2, -0.15) is 0 Å². The lowest BCUT2D eigenvalue weighted by atomic mass is 10.1. The summed E-state index contributed by atoms with van der Waals surface area (Å²) in [6.07, 6.45) is 0. The van der Waals surface area contributed by atoms with Crippen molar-refractivity contribution in [1.29, 1.82) is 0 Å². The maximum absolute atomic E-state index is 14.1. The van der Waals surface area contributed by atoms with Gasteiger partial charge in [-0.3, -0.25) is 19.3 Å². The van der Waals surface area contributed by atoms with E-state index in [-0.39, 0.29) is 30.1 Å². The largest absolute Gasteiger partial charge is 0.366 e. The van der Waals surface area contributed by atoms with Crippen molar-refractivity contribution in [3.63, 3.8) is 0 Å². The van der Waals surface area contributed by atoms with Gasteiger partial charge < -0.3 is 9.80 Å². The van der Waals surface area contributed by atoms with Crippen LogP contribution in [0.5, 0.6) is 0 Å². The Morgan fingerprint density at radius 3 is 2.09 bits per heavy atom. The van der Waals surface area contributed by atoms with Gasteiger partial charge in [0.05, 0.1) is 23.4 Å². The molecule has 2 heterocycles. The zero-order valence-corrected chi connectivity index (χ0v) is 17.9. The third kappa shape index (κ3) is 3.86. The molecule has 0 unspecified atom stereocenters. The number of halogens is 1. The van der Waals surface area contributed by atoms with E-state index in [1.54, 1.807) is 71.6 Å². The van der Waals surface area contributed by atoms with Crippen LogP contribution in [0.15, 0.2) is 72.8 Å². The van der Waals surface area contributed by atoms with E-state index < -0.39 is 0 Å². The summed E-state index contributed by atoms with van der Waals surface area (Å²) in [6.45, 7) is 2.16. The summed E-state index contributed by atoms with van der Waals surface area (Å²) in [4.78, 5) is 43.3. The van der Waals surface area contributed by atoms with E-state index in [1.165, 1.54) is 11.0 Å². The van der Waals surface area contributed by atoms with Crippen molar-refractivity contribution in [1.82, 2.24) is 9.80 Å². The van der Waals surface area contributed by atoms with Crippen molar-refractivity contribution in [3.8, 4) is 0 Å². The number of anilines is 1. The summed E-state index contributed by atoms with van der Waals surface area (Å²) < 4.78 is 14.1. The molecule has 0 aromatic heterocycles. The number of rotatable bonds is 4. The molecule has 0 aliphatic carbocycles. The fourth-order valence-corrected chi connectivity index (χ4v) is 4.41. The van der Waals surface area contributed by atoms with Crippen LogP contribution < -0.4 is 4.90 Å². The second-order valence-electron chi connectivity index (χ2n) is 8.17. The van der Waals surface area contributed by atoms with Gasteiger partial charge in [0.15, 0.2) is 0 Å². The first kappa shape index (κ1) is 20.9. The van der Waals surface area contributed by atoms with E-state index in [4.69, 9.17) is 0 Å². The highest BCUT2D eigenvalue weighted by Crippen LogP contribution is 2.25. The summed E-state index contributed by atoms with van der Waals surface area (Å²) in [6, 6.07) is 20.4. The molecular formula is C26H22FN3O3. The fourth-order valence-electron chi connectivity index (χ4n) is 4.41. The van der Waals surface area contributed by atoms with E-state index in [2.05, 4.69) is 0 Å². The highest BCUT2D eigenvalue weighted by Gasteiger charge is 2.35. The molecule has 0 radical (unpaired) electrons. The molecule has 3 aromatic carbocycles. The molecule has 3 aromatic rings. The molecule has 3 amide bonds. The second kappa shape index (κ2) is 8.50. The smallest absolute Gasteiger partial charge is 0.261 e. The Balaban J connectivity index is 1.26. The number of imide groups is 1. The van der Waals surface area contributed by atoms with E-state index in [0.717, 1.165) is 0 Å². The quantitative estimate of drug-likeness (QED) is 0.579. The Morgan fingerprint density at radius 1 is 0.788 bits per heavy atom.